The minimum atomic E-state index is -0.715. The molecule has 2 aliphatic rings. The number of ether oxygens (including phenoxy) is 2. The number of rotatable bonds is 11. The summed E-state index contributed by atoms with van der Waals surface area (Å²) in [6, 6.07) is 21.7. The molecule has 2 saturated heterocycles. The maximum absolute atomic E-state index is 13.7. The Kier molecular flexibility index (Phi) is 11.5. The maximum Gasteiger partial charge on any atom is 0.411 e. The van der Waals surface area contributed by atoms with Crippen molar-refractivity contribution >= 4 is 29.9 Å². The number of carbonyl (C=O) groups is 4. The highest BCUT2D eigenvalue weighted by atomic mass is 19.1. The second-order valence-corrected chi connectivity index (χ2v) is 11.9. The zero-order chi connectivity index (χ0) is 32.3. The third-order valence-electron chi connectivity index (χ3n) is 8.70. The van der Waals surface area contributed by atoms with Crippen LogP contribution in [0.3, 0.4) is 0 Å². The first-order valence-corrected chi connectivity index (χ1v) is 15.9. The summed E-state index contributed by atoms with van der Waals surface area (Å²) < 4.78 is 24.9. The van der Waals surface area contributed by atoms with Crippen molar-refractivity contribution < 1.29 is 33.0 Å². The summed E-state index contributed by atoms with van der Waals surface area (Å²) in [5.41, 5.74) is 3.19. The molecule has 0 atom stereocenters. The molecule has 9 nitrogen and oxygen atoms in total. The van der Waals surface area contributed by atoms with Gasteiger partial charge in [-0.3, -0.25) is 19.7 Å². The molecule has 0 aliphatic carbocycles. The van der Waals surface area contributed by atoms with E-state index in [0.29, 0.717) is 32.3 Å². The van der Waals surface area contributed by atoms with Crippen molar-refractivity contribution in [1.29, 1.82) is 0 Å². The van der Waals surface area contributed by atoms with Crippen molar-refractivity contribution in [2.75, 3.05) is 44.6 Å². The Morgan fingerprint density at radius 3 is 2.33 bits per heavy atom. The van der Waals surface area contributed by atoms with Crippen LogP contribution in [0, 0.1) is 11.7 Å². The van der Waals surface area contributed by atoms with Crippen LogP contribution in [0.1, 0.15) is 48.0 Å². The number of hydrogen-bond acceptors (Lipinski definition) is 7. The molecule has 0 saturated carbocycles. The number of hydrogen-bond donors (Lipinski definition) is 1. The molecule has 2 fully saturated rings. The second kappa shape index (κ2) is 16.1. The van der Waals surface area contributed by atoms with Gasteiger partial charge in [0.25, 0.3) is 0 Å². The first-order valence-electron chi connectivity index (χ1n) is 15.9. The zero-order valence-electron chi connectivity index (χ0n) is 25.9. The lowest BCUT2D eigenvalue weighted by Crippen LogP contribution is -2.43. The zero-order valence-corrected chi connectivity index (χ0v) is 25.9. The van der Waals surface area contributed by atoms with Gasteiger partial charge in [-0.05, 0) is 66.5 Å². The number of esters is 1. The molecule has 0 unspecified atom stereocenters. The number of nitrogens with one attached hydrogen (secondary N) is 1. The Balaban J connectivity index is 0.955. The van der Waals surface area contributed by atoms with Crippen LogP contribution in [0.15, 0.2) is 72.8 Å². The smallest absolute Gasteiger partial charge is 0.411 e. The normalized spacial score (nSPS) is 16.1. The summed E-state index contributed by atoms with van der Waals surface area (Å²) in [7, 11) is 0. The van der Waals surface area contributed by atoms with E-state index < -0.39 is 11.9 Å². The highest BCUT2D eigenvalue weighted by molar-refractivity contribution is 5.85. The summed E-state index contributed by atoms with van der Waals surface area (Å²) in [5, 5.41) is 2.47. The molecule has 0 spiro atoms. The fraction of sp³-hybridized carbons (Fsp3) is 0.389. The van der Waals surface area contributed by atoms with Crippen LogP contribution in [0.4, 0.5) is 14.9 Å². The molecule has 5 rings (SSSR count). The van der Waals surface area contributed by atoms with Crippen molar-refractivity contribution in [2.45, 2.75) is 44.6 Å². The van der Waals surface area contributed by atoms with Crippen molar-refractivity contribution in [3.05, 3.63) is 89.7 Å². The number of likely N-dealkylation sites (tertiary alicyclic amines) is 2. The lowest BCUT2D eigenvalue weighted by Gasteiger charge is -2.34. The molecule has 1 N–H and O–H groups in total. The Morgan fingerprint density at radius 2 is 1.61 bits per heavy atom. The van der Waals surface area contributed by atoms with Gasteiger partial charge in [-0.2, -0.15) is 0 Å². The Labute approximate surface area is 268 Å². The third-order valence-corrected chi connectivity index (χ3v) is 8.70. The van der Waals surface area contributed by atoms with Crippen LogP contribution >= 0.6 is 0 Å². The standard InChI is InChI=1S/C36H40FN3O6/c37-33-23-30(11-10-29(33)24-41)38-36(44)45-25-26-12-20-40(21-13-26)34(42)16-19-39-17-14-31(15-18-39)46-35(43)22-28-8-4-5-9-32(28)27-6-2-1-3-7-27/h1-11,23-24,26,31H,12-22,25H2,(H,38,44). The number of benzene rings is 3. The molecule has 0 radical (unpaired) electrons. The quantitative estimate of drug-likeness (QED) is 0.213. The van der Waals surface area contributed by atoms with E-state index in [1.807, 2.05) is 59.5 Å². The van der Waals surface area contributed by atoms with E-state index in [0.717, 1.165) is 61.5 Å². The van der Waals surface area contributed by atoms with E-state index in [1.54, 1.807) is 0 Å². The molecule has 2 aliphatic heterocycles. The van der Waals surface area contributed by atoms with E-state index in [4.69, 9.17) is 9.47 Å². The number of halogens is 1. The molecule has 46 heavy (non-hydrogen) atoms. The molecule has 0 aromatic heterocycles. The minimum absolute atomic E-state index is 0.0830. The molecule has 10 heteroatoms. The molecule has 3 aromatic carbocycles. The fourth-order valence-electron chi connectivity index (χ4n) is 6.02. The predicted octanol–water partition coefficient (Wildman–Crippen LogP) is 5.73. The summed E-state index contributed by atoms with van der Waals surface area (Å²) in [5.74, 6) is -0.680. The largest absolute Gasteiger partial charge is 0.462 e. The Hall–Kier alpha value is -4.57. The maximum atomic E-state index is 13.7. The number of aldehydes is 1. The van der Waals surface area contributed by atoms with Crippen LogP contribution < -0.4 is 5.32 Å². The molecule has 2 heterocycles. The lowest BCUT2D eigenvalue weighted by atomic mass is 9.97. The van der Waals surface area contributed by atoms with E-state index in [1.165, 1.54) is 12.1 Å². The number of piperidine rings is 2. The molecule has 3 aromatic rings. The van der Waals surface area contributed by atoms with Gasteiger partial charge in [-0.1, -0.05) is 54.6 Å². The number of nitrogens with zero attached hydrogens (tertiary/aromatic N) is 2. The van der Waals surface area contributed by atoms with Crippen LogP contribution in [0.25, 0.3) is 11.1 Å². The van der Waals surface area contributed by atoms with Gasteiger partial charge in [-0.15, -0.1) is 0 Å². The summed E-state index contributed by atoms with van der Waals surface area (Å²) in [6.45, 7) is 3.66. The summed E-state index contributed by atoms with van der Waals surface area (Å²) in [6.07, 6.45) is 3.23. The average Bonchev–Trinajstić information content (AvgIpc) is 3.08. The van der Waals surface area contributed by atoms with E-state index in [2.05, 4.69) is 10.2 Å². The first-order chi connectivity index (χ1) is 22.4. The van der Waals surface area contributed by atoms with Crippen LogP contribution in [0.5, 0.6) is 0 Å². The SMILES string of the molecule is O=Cc1ccc(NC(=O)OCC2CCN(C(=O)CCN3CCC(OC(=O)Cc4ccccc4-c4ccccc4)CC3)CC2)cc1F. The summed E-state index contributed by atoms with van der Waals surface area (Å²) in [4.78, 5) is 52.7. The Morgan fingerprint density at radius 1 is 0.891 bits per heavy atom. The molecular weight excluding hydrogens is 589 g/mol. The minimum Gasteiger partial charge on any atom is -0.462 e. The Bertz CT molecular complexity index is 1500. The fourth-order valence-corrected chi connectivity index (χ4v) is 6.02. The van der Waals surface area contributed by atoms with Gasteiger partial charge in [0.15, 0.2) is 6.29 Å². The monoisotopic (exact) mass is 629 g/mol. The van der Waals surface area contributed by atoms with Gasteiger partial charge in [0.1, 0.15) is 11.9 Å². The lowest BCUT2D eigenvalue weighted by molar-refractivity contribution is -0.150. The molecular formula is C36H40FN3O6. The summed E-state index contributed by atoms with van der Waals surface area (Å²) >= 11 is 0. The van der Waals surface area contributed by atoms with Crippen molar-refractivity contribution in [1.82, 2.24) is 9.80 Å². The highest BCUT2D eigenvalue weighted by Gasteiger charge is 2.26. The number of anilines is 1. The van der Waals surface area contributed by atoms with Crippen molar-refractivity contribution in [2.24, 2.45) is 5.92 Å². The van der Waals surface area contributed by atoms with E-state index >= 15 is 0 Å². The molecule has 2 amide bonds. The first kappa shape index (κ1) is 32.8. The van der Waals surface area contributed by atoms with Crippen molar-refractivity contribution in [3.8, 4) is 11.1 Å². The van der Waals surface area contributed by atoms with Crippen LogP contribution in [0.2, 0.25) is 0 Å². The average molecular weight is 630 g/mol. The highest BCUT2D eigenvalue weighted by Crippen LogP contribution is 2.25. The number of amides is 2. The van der Waals surface area contributed by atoms with Gasteiger partial charge in [0, 0.05) is 44.8 Å². The molecule has 0 bridgehead atoms. The third kappa shape index (κ3) is 9.23. The topological polar surface area (TPSA) is 105 Å². The predicted molar refractivity (Wildman–Crippen MR) is 172 cm³/mol. The van der Waals surface area contributed by atoms with Gasteiger partial charge in [-0.25, -0.2) is 9.18 Å². The van der Waals surface area contributed by atoms with E-state index in [9.17, 15) is 23.6 Å². The second-order valence-electron chi connectivity index (χ2n) is 11.9. The van der Waals surface area contributed by atoms with Crippen LogP contribution in [-0.2, 0) is 25.5 Å². The van der Waals surface area contributed by atoms with Crippen LogP contribution in [-0.4, -0.2) is 79.5 Å². The van der Waals surface area contributed by atoms with Gasteiger partial charge in [0.05, 0.1) is 18.6 Å². The van der Waals surface area contributed by atoms with E-state index in [-0.39, 0.29) is 48.2 Å². The molecule has 242 valence electrons. The van der Waals surface area contributed by atoms with Gasteiger partial charge < -0.3 is 19.3 Å². The van der Waals surface area contributed by atoms with Crippen molar-refractivity contribution in [3.63, 3.8) is 0 Å². The van der Waals surface area contributed by atoms with Gasteiger partial charge >= 0.3 is 12.1 Å². The number of carbonyl (C=O) groups excluding carboxylic acids is 4. The van der Waals surface area contributed by atoms with Gasteiger partial charge in [0.2, 0.25) is 5.91 Å².